The zero-order valence-electron chi connectivity index (χ0n) is 11.1. The SMILES string of the molecule is COc1ccc(OCCCCC[NH2+]CCO)cc1. The van der Waals surface area contributed by atoms with E-state index >= 15 is 0 Å². The van der Waals surface area contributed by atoms with Crippen LogP contribution in [0.15, 0.2) is 24.3 Å². The fourth-order valence-corrected chi connectivity index (χ4v) is 1.67. The number of nitrogens with two attached hydrogens (primary N) is 1. The summed E-state index contributed by atoms with van der Waals surface area (Å²) in [5, 5.41) is 10.8. The molecule has 4 nitrogen and oxygen atoms in total. The monoisotopic (exact) mass is 254 g/mol. The first kappa shape index (κ1) is 14.8. The van der Waals surface area contributed by atoms with E-state index in [2.05, 4.69) is 5.32 Å². The van der Waals surface area contributed by atoms with Gasteiger partial charge in [-0.1, -0.05) is 0 Å². The normalized spacial score (nSPS) is 10.3. The quantitative estimate of drug-likeness (QED) is 0.607. The average Bonchev–Trinajstić information content (AvgIpc) is 2.42. The molecule has 0 heterocycles. The van der Waals surface area contributed by atoms with Crippen LogP contribution in [-0.2, 0) is 0 Å². The Hall–Kier alpha value is -1.26. The summed E-state index contributed by atoms with van der Waals surface area (Å²) in [6.45, 7) is 2.92. The van der Waals surface area contributed by atoms with Crippen molar-refractivity contribution in [1.82, 2.24) is 0 Å². The molecule has 0 aliphatic heterocycles. The van der Waals surface area contributed by atoms with E-state index in [0.717, 1.165) is 44.0 Å². The number of aliphatic hydroxyl groups excluding tert-OH is 1. The molecule has 18 heavy (non-hydrogen) atoms. The van der Waals surface area contributed by atoms with Gasteiger partial charge in [0.05, 0.1) is 33.4 Å². The highest BCUT2D eigenvalue weighted by Gasteiger charge is 1.96. The number of hydrogen-bond acceptors (Lipinski definition) is 3. The zero-order valence-corrected chi connectivity index (χ0v) is 11.1. The molecule has 0 saturated heterocycles. The van der Waals surface area contributed by atoms with Crippen molar-refractivity contribution in [3.63, 3.8) is 0 Å². The molecule has 0 atom stereocenters. The minimum atomic E-state index is 0.264. The van der Waals surface area contributed by atoms with Crippen molar-refractivity contribution in [1.29, 1.82) is 0 Å². The van der Waals surface area contributed by atoms with Crippen LogP contribution in [0.2, 0.25) is 0 Å². The smallest absolute Gasteiger partial charge is 0.119 e. The first-order valence-electron chi connectivity index (χ1n) is 6.56. The van der Waals surface area contributed by atoms with Crippen molar-refractivity contribution < 1.29 is 19.9 Å². The summed E-state index contributed by atoms with van der Waals surface area (Å²) in [6.07, 6.45) is 3.41. The predicted molar refractivity (Wildman–Crippen MR) is 71.1 cm³/mol. The van der Waals surface area contributed by atoms with Crippen molar-refractivity contribution in [2.24, 2.45) is 0 Å². The summed E-state index contributed by atoms with van der Waals surface area (Å²) < 4.78 is 10.7. The number of unbranched alkanes of at least 4 members (excludes halogenated alkanes) is 2. The molecule has 0 aliphatic rings. The van der Waals surface area contributed by atoms with Gasteiger partial charge < -0.3 is 19.9 Å². The van der Waals surface area contributed by atoms with E-state index in [0.29, 0.717) is 0 Å². The van der Waals surface area contributed by atoms with E-state index in [1.165, 1.54) is 6.42 Å². The lowest BCUT2D eigenvalue weighted by Crippen LogP contribution is -2.85. The molecule has 0 unspecified atom stereocenters. The second-order valence-electron chi connectivity index (χ2n) is 4.17. The van der Waals surface area contributed by atoms with Gasteiger partial charge in [0.1, 0.15) is 11.5 Å². The molecule has 0 spiro atoms. The van der Waals surface area contributed by atoms with Crippen LogP contribution in [0.3, 0.4) is 0 Å². The molecule has 102 valence electrons. The molecule has 1 aromatic rings. The highest BCUT2D eigenvalue weighted by atomic mass is 16.5. The highest BCUT2D eigenvalue weighted by molar-refractivity contribution is 5.30. The number of benzene rings is 1. The Morgan fingerprint density at radius 1 is 1.00 bits per heavy atom. The van der Waals surface area contributed by atoms with Gasteiger partial charge in [0, 0.05) is 0 Å². The lowest BCUT2D eigenvalue weighted by Gasteiger charge is -2.06. The Balaban J connectivity index is 2.00. The summed E-state index contributed by atoms with van der Waals surface area (Å²) in [5.74, 6) is 1.74. The molecule has 3 N–H and O–H groups in total. The summed E-state index contributed by atoms with van der Waals surface area (Å²) in [5.41, 5.74) is 0. The van der Waals surface area contributed by atoms with Gasteiger partial charge in [-0.05, 0) is 43.5 Å². The average molecular weight is 254 g/mol. The first-order valence-corrected chi connectivity index (χ1v) is 6.56. The molecular weight excluding hydrogens is 230 g/mol. The molecule has 4 heteroatoms. The second kappa shape index (κ2) is 9.74. The number of hydrogen-bond donors (Lipinski definition) is 2. The topological polar surface area (TPSA) is 55.3 Å². The Morgan fingerprint density at radius 3 is 2.39 bits per heavy atom. The number of aliphatic hydroxyl groups is 1. The van der Waals surface area contributed by atoms with Gasteiger partial charge in [0.15, 0.2) is 0 Å². The van der Waals surface area contributed by atoms with Crippen LogP contribution in [0.1, 0.15) is 19.3 Å². The third kappa shape index (κ3) is 6.47. The summed E-state index contributed by atoms with van der Waals surface area (Å²) >= 11 is 0. The second-order valence-corrected chi connectivity index (χ2v) is 4.17. The van der Waals surface area contributed by atoms with Gasteiger partial charge in [-0.2, -0.15) is 0 Å². The standard InChI is InChI=1S/C14H23NO3/c1-17-13-5-7-14(8-6-13)18-12-4-2-3-9-15-10-11-16/h5-8,15-16H,2-4,9-12H2,1H3/p+1. The first-order chi connectivity index (χ1) is 8.86. The summed E-state index contributed by atoms with van der Waals surface area (Å²) in [6, 6.07) is 7.65. The Morgan fingerprint density at radius 2 is 1.72 bits per heavy atom. The fourth-order valence-electron chi connectivity index (χ4n) is 1.67. The molecular formula is C14H24NO3+. The van der Waals surface area contributed by atoms with Crippen LogP contribution in [0.25, 0.3) is 0 Å². The van der Waals surface area contributed by atoms with Gasteiger partial charge in [-0.15, -0.1) is 0 Å². The molecule has 0 bridgehead atoms. The molecule has 0 aliphatic carbocycles. The van der Waals surface area contributed by atoms with E-state index in [4.69, 9.17) is 14.6 Å². The van der Waals surface area contributed by atoms with E-state index in [-0.39, 0.29) is 6.61 Å². The molecule has 0 fully saturated rings. The van der Waals surface area contributed by atoms with Crippen molar-refractivity contribution in [2.45, 2.75) is 19.3 Å². The fraction of sp³-hybridized carbons (Fsp3) is 0.571. The van der Waals surface area contributed by atoms with Gasteiger partial charge in [-0.3, -0.25) is 0 Å². The van der Waals surface area contributed by atoms with Gasteiger partial charge in [0.25, 0.3) is 0 Å². The predicted octanol–water partition coefficient (Wildman–Crippen LogP) is 0.800. The minimum Gasteiger partial charge on any atom is -0.497 e. The largest absolute Gasteiger partial charge is 0.497 e. The minimum absolute atomic E-state index is 0.264. The molecule has 0 radical (unpaired) electrons. The lowest BCUT2D eigenvalue weighted by atomic mass is 10.2. The molecule has 0 saturated carbocycles. The lowest BCUT2D eigenvalue weighted by molar-refractivity contribution is -0.656. The van der Waals surface area contributed by atoms with Crippen molar-refractivity contribution >= 4 is 0 Å². The van der Waals surface area contributed by atoms with Crippen molar-refractivity contribution in [2.75, 3.05) is 33.4 Å². The maximum Gasteiger partial charge on any atom is 0.119 e. The zero-order chi connectivity index (χ0) is 13.1. The maximum atomic E-state index is 8.61. The van der Waals surface area contributed by atoms with Crippen LogP contribution in [-0.4, -0.2) is 38.5 Å². The Labute approximate surface area is 109 Å². The van der Waals surface area contributed by atoms with Crippen LogP contribution in [0.5, 0.6) is 11.5 Å². The number of rotatable bonds is 10. The van der Waals surface area contributed by atoms with Gasteiger partial charge in [0.2, 0.25) is 0 Å². The van der Waals surface area contributed by atoms with Crippen molar-refractivity contribution in [3.8, 4) is 11.5 Å². The molecule has 1 rings (SSSR count). The number of ether oxygens (including phenoxy) is 2. The van der Waals surface area contributed by atoms with E-state index < -0.39 is 0 Å². The Bertz CT molecular complexity index is 300. The van der Waals surface area contributed by atoms with Crippen LogP contribution in [0, 0.1) is 0 Å². The molecule has 1 aromatic carbocycles. The van der Waals surface area contributed by atoms with Crippen LogP contribution in [0.4, 0.5) is 0 Å². The van der Waals surface area contributed by atoms with Gasteiger partial charge >= 0.3 is 0 Å². The maximum absolute atomic E-state index is 8.61. The third-order valence-corrected chi connectivity index (χ3v) is 2.71. The number of quaternary nitrogens is 1. The third-order valence-electron chi connectivity index (χ3n) is 2.71. The van der Waals surface area contributed by atoms with E-state index in [9.17, 15) is 0 Å². The number of methoxy groups -OCH3 is 1. The molecule has 0 aromatic heterocycles. The van der Waals surface area contributed by atoms with E-state index in [1.807, 2.05) is 24.3 Å². The molecule has 0 amide bonds. The Kier molecular flexibility index (Phi) is 8.01. The van der Waals surface area contributed by atoms with Crippen LogP contribution < -0.4 is 14.8 Å². The van der Waals surface area contributed by atoms with Gasteiger partial charge in [-0.25, -0.2) is 0 Å². The highest BCUT2D eigenvalue weighted by Crippen LogP contribution is 2.17. The summed E-state index contributed by atoms with van der Waals surface area (Å²) in [7, 11) is 1.66. The van der Waals surface area contributed by atoms with E-state index in [1.54, 1.807) is 7.11 Å². The van der Waals surface area contributed by atoms with Crippen molar-refractivity contribution in [3.05, 3.63) is 24.3 Å². The summed E-state index contributed by atoms with van der Waals surface area (Å²) in [4.78, 5) is 0. The van der Waals surface area contributed by atoms with Crippen LogP contribution >= 0.6 is 0 Å².